The van der Waals surface area contributed by atoms with Crippen LogP contribution in [0.2, 0.25) is 0 Å². The summed E-state index contributed by atoms with van der Waals surface area (Å²) in [5, 5.41) is 86.9. The van der Waals surface area contributed by atoms with Gasteiger partial charge in [0.1, 0.15) is 66.0 Å². The zero-order chi connectivity index (χ0) is 79.3. The normalized spacial score (nSPS) is 33.1. The summed E-state index contributed by atoms with van der Waals surface area (Å²) in [5.74, 6) is -9.06. The molecule has 0 radical (unpaired) electrons. The number of benzene rings is 4. The van der Waals surface area contributed by atoms with Gasteiger partial charge in [0.2, 0.25) is 12.2 Å². The number of quaternary nitrogens is 2. The van der Waals surface area contributed by atoms with Gasteiger partial charge in [-0.25, -0.2) is 19.2 Å². The average Bonchev–Trinajstić information content (AvgIpc) is 0.669. The van der Waals surface area contributed by atoms with Gasteiger partial charge in [0.15, 0.2) is 28.9 Å². The first-order valence-corrected chi connectivity index (χ1v) is 36.1. The molecule has 21 atom stereocenters. The number of ketones is 2. The number of fused-ring (bicyclic) bond motifs is 6. The molecule has 0 amide bonds. The second-order valence-corrected chi connectivity index (χ2v) is 31.2. The van der Waals surface area contributed by atoms with Crippen LogP contribution in [0.1, 0.15) is 159 Å². The first-order chi connectivity index (χ1) is 50.7. The summed E-state index contributed by atoms with van der Waals surface area (Å²) in [4.78, 5) is 123. The van der Waals surface area contributed by atoms with E-state index >= 15 is 4.79 Å². The highest BCUT2D eigenvalue weighted by Gasteiger charge is 2.78. The zero-order valence-corrected chi connectivity index (χ0v) is 62.7. The van der Waals surface area contributed by atoms with E-state index in [9.17, 15) is 74.1 Å². The van der Waals surface area contributed by atoms with Crippen LogP contribution in [-0.2, 0) is 76.2 Å². The van der Waals surface area contributed by atoms with Crippen LogP contribution >= 0.6 is 0 Å². The molecule has 2 bridgehead atoms. The number of hydrogen-bond acceptors (Lipinski definition) is 25. The van der Waals surface area contributed by atoms with Crippen molar-refractivity contribution in [3.05, 3.63) is 180 Å². The third kappa shape index (κ3) is 14.4. The van der Waals surface area contributed by atoms with Gasteiger partial charge in [-0.3, -0.25) is 24.0 Å². The Morgan fingerprint density at radius 1 is 0.574 bits per heavy atom. The van der Waals surface area contributed by atoms with Crippen molar-refractivity contribution in [1.82, 2.24) is 0 Å². The molecule has 5 aliphatic carbocycles. The molecule has 4 aromatic carbocycles. The van der Waals surface area contributed by atoms with Crippen molar-refractivity contribution in [2.45, 2.75) is 223 Å². The SMILES string of the molecule is [CH2-][NH2+][C@@H](c1ccccc1)[C@@H](O)C(=O)O[C@H]1C[C@@](O)([C@H](C)OC(=O)c2ccccc2)C(C)(C)C([C@@H](OC(C)=O)C(=O)[C@@]2(C)C[C@]3(OC(C)=O)CO[C@@H]3C[C@@H]2O)=C1C.[CH2-][NH2+][C@@H](c1ccccc1)[C@@H](O)C(=O)O[C@H]1C[C@@]2(O)[C@@H](OC(=O)c3ccccc3)[C@@H]3[C@]4(OC(C)=O)CO[C@@H]4C[C@H](O)[C@@]3(C)C(=O)[C@H](O)C(=C1C)C2(C)C. The van der Waals surface area contributed by atoms with E-state index in [0.717, 1.165) is 6.92 Å². The lowest BCUT2D eigenvalue weighted by Crippen LogP contribution is -2.82. The first-order valence-electron chi connectivity index (χ1n) is 36.1. The fourth-order valence-corrected chi connectivity index (χ4v) is 18.0. The number of carbonyl (C=O) groups excluding carboxylic acids is 9. The molecule has 11 N–H and O–H groups in total. The summed E-state index contributed by atoms with van der Waals surface area (Å²) in [6.07, 6.45) is -18.6. The Morgan fingerprint density at radius 3 is 1.50 bits per heavy atom. The third-order valence-electron chi connectivity index (χ3n) is 24.3. The molecule has 11 rings (SSSR count). The fourth-order valence-electron chi connectivity index (χ4n) is 18.0. The summed E-state index contributed by atoms with van der Waals surface area (Å²) in [7, 11) is 7.56. The van der Waals surface area contributed by atoms with E-state index in [1.165, 1.54) is 57.4 Å². The fraction of sp³-hybridized carbons (Fsp3) is 0.519. The van der Waals surface area contributed by atoms with E-state index in [0.29, 0.717) is 11.1 Å². The minimum absolute atomic E-state index is 0.00280. The quantitative estimate of drug-likeness (QED) is 0.0249. The molecular formula is C81H100N2O25. The smallest absolute Gasteiger partial charge is 0.342 e. The molecule has 27 nitrogen and oxygen atoms in total. The van der Waals surface area contributed by atoms with Crippen LogP contribution in [0.15, 0.2) is 144 Å². The van der Waals surface area contributed by atoms with E-state index in [2.05, 4.69) is 14.1 Å². The molecule has 27 heteroatoms. The molecule has 584 valence electrons. The van der Waals surface area contributed by atoms with Crippen LogP contribution in [-0.4, -0.2) is 198 Å². The number of aliphatic hydroxyl groups is 7. The van der Waals surface area contributed by atoms with Gasteiger partial charge < -0.3 is 89.0 Å². The van der Waals surface area contributed by atoms with Crippen molar-refractivity contribution in [3.8, 4) is 0 Å². The van der Waals surface area contributed by atoms with Gasteiger partial charge >= 0.3 is 41.8 Å². The van der Waals surface area contributed by atoms with Crippen LogP contribution in [0, 0.1) is 41.7 Å². The maximum absolute atomic E-state index is 15.1. The Labute approximate surface area is 626 Å². The molecule has 2 saturated heterocycles. The third-order valence-corrected chi connectivity index (χ3v) is 24.3. The maximum Gasteiger partial charge on any atom is 0.342 e. The van der Waals surface area contributed by atoms with Gasteiger partial charge in [0, 0.05) is 74.8 Å². The highest BCUT2D eigenvalue weighted by molar-refractivity contribution is 5.96. The van der Waals surface area contributed by atoms with Gasteiger partial charge in [-0.05, 0) is 81.2 Å². The molecule has 108 heavy (non-hydrogen) atoms. The number of esters is 7. The second kappa shape index (κ2) is 31.1. The predicted octanol–water partition coefficient (Wildman–Crippen LogP) is 3.53. The Hall–Kier alpha value is -8.45. The lowest BCUT2D eigenvalue weighted by Gasteiger charge is -2.67. The van der Waals surface area contributed by atoms with Crippen molar-refractivity contribution < 1.29 is 132 Å². The van der Waals surface area contributed by atoms with Crippen molar-refractivity contribution >= 4 is 53.4 Å². The number of hydrogen-bond donors (Lipinski definition) is 9. The number of ether oxygens (including phenoxy) is 9. The maximum atomic E-state index is 15.1. The van der Waals surface area contributed by atoms with Gasteiger partial charge in [-0.1, -0.05) is 125 Å². The lowest BCUT2D eigenvalue weighted by atomic mass is 9.44. The molecule has 5 fully saturated rings. The minimum atomic E-state index is -2.27. The number of aliphatic hydroxyl groups excluding tert-OH is 5. The number of Topliss-reactive ketones (excluding diaryl/α,β-unsaturated/α-hetero) is 2. The summed E-state index contributed by atoms with van der Waals surface area (Å²) in [6.45, 7) is 17.1. The molecule has 2 aliphatic heterocycles. The minimum Gasteiger partial charge on any atom is -0.470 e. The summed E-state index contributed by atoms with van der Waals surface area (Å²) < 4.78 is 53.0. The van der Waals surface area contributed by atoms with E-state index < -0.39 is 195 Å². The van der Waals surface area contributed by atoms with E-state index in [1.54, 1.807) is 151 Å². The predicted molar refractivity (Wildman–Crippen MR) is 379 cm³/mol. The van der Waals surface area contributed by atoms with Crippen molar-refractivity contribution in [2.75, 3.05) is 13.2 Å². The zero-order valence-electron chi connectivity index (χ0n) is 62.7. The second-order valence-electron chi connectivity index (χ2n) is 31.2. The highest BCUT2D eigenvalue weighted by Crippen LogP contribution is 2.65. The number of nitrogens with two attached hydrogens (primary N) is 2. The molecule has 2 heterocycles. The number of rotatable bonds is 21. The molecule has 4 aromatic rings. The Kier molecular flexibility index (Phi) is 23.7. The molecule has 7 aliphatic rings. The lowest BCUT2D eigenvalue weighted by molar-refractivity contribution is -0.647. The average molecular weight is 1500 g/mol. The summed E-state index contributed by atoms with van der Waals surface area (Å²) in [5.41, 5.74) is -12.0. The molecule has 0 unspecified atom stereocenters. The van der Waals surface area contributed by atoms with Gasteiger partial charge in [-0.2, -0.15) is 14.1 Å². The van der Waals surface area contributed by atoms with Gasteiger partial charge in [0.05, 0.1) is 53.3 Å². The van der Waals surface area contributed by atoms with Crippen LogP contribution in [0.5, 0.6) is 0 Å². The summed E-state index contributed by atoms with van der Waals surface area (Å²) >= 11 is 0. The van der Waals surface area contributed by atoms with Crippen LogP contribution in [0.4, 0.5) is 0 Å². The van der Waals surface area contributed by atoms with Crippen LogP contribution in [0.25, 0.3) is 0 Å². The Balaban J connectivity index is 0.000000231. The highest BCUT2D eigenvalue weighted by atomic mass is 16.6. The molecular weight excluding hydrogens is 1400 g/mol. The van der Waals surface area contributed by atoms with Gasteiger partial charge in [0.25, 0.3) is 0 Å². The molecule has 0 spiro atoms. The largest absolute Gasteiger partial charge is 0.470 e. The van der Waals surface area contributed by atoms with Crippen LogP contribution in [0.3, 0.4) is 0 Å². The topological polar surface area (TPSA) is 412 Å². The van der Waals surface area contributed by atoms with Gasteiger partial charge in [-0.15, -0.1) is 0 Å². The van der Waals surface area contributed by atoms with E-state index in [-0.39, 0.29) is 72.3 Å². The standard InChI is InChI=1S/C42H53NO13.C39H47NO12/c1-23-29(55-38(50)34(47)33(43-8)27-15-11-9-12-16-27)20-42(51,24(2)53-37(49)28-17-13-10-14-18-28)39(5,6)32(23)35(54-25(3)44)36(48)40(7)21-41(56-26(4)45)22-52-31(41)19-30(40)46;1-20-24(50-35(47)30(44)28(40-6)22-13-9-7-10-14-22)18-39(48)33(51-34(46)23-15-11-8-12-16-23)31-37(5,32(45)29(43)27(20)36(39,3)4)25(42)17-26-38(31,19-49-26)52-21(2)41/h9-18,24,29-31,33-35,46-47,51H,8,19-22,43H2,1-7H3;7-16,24-26,28-31,33,42-44,48H,6,17-19,40H2,1-5H3/t24-,29-,30-,31+,33-,34+,35+,40-,41-,42+;24-,25-,26+,28-,29+,30+,31-,33-,37+,38-,39+/m00/s1. The first kappa shape index (κ1) is 82.1. The van der Waals surface area contributed by atoms with Crippen molar-refractivity contribution in [1.29, 1.82) is 0 Å². The molecule has 3 saturated carbocycles. The summed E-state index contributed by atoms with van der Waals surface area (Å²) in [6, 6.07) is 31.8. The van der Waals surface area contributed by atoms with E-state index in [4.69, 9.17) is 42.6 Å². The number of carbonyl (C=O) groups is 9. The Morgan fingerprint density at radius 2 is 1.05 bits per heavy atom. The Bertz CT molecular complexity index is 4130. The van der Waals surface area contributed by atoms with E-state index in [1.807, 2.05) is 0 Å². The van der Waals surface area contributed by atoms with Crippen molar-refractivity contribution in [3.63, 3.8) is 0 Å². The van der Waals surface area contributed by atoms with Crippen molar-refractivity contribution in [2.24, 2.45) is 27.6 Å². The van der Waals surface area contributed by atoms with Crippen LogP contribution < -0.4 is 10.6 Å². The molecule has 0 aromatic heterocycles. The monoisotopic (exact) mass is 1500 g/mol.